The Hall–Kier alpha value is -2.79. The Morgan fingerprint density at radius 2 is 1.83 bits per heavy atom. The zero-order chi connectivity index (χ0) is 22.2. The number of rotatable bonds is 4. The van der Waals surface area contributed by atoms with Crippen LogP contribution in [0.4, 0.5) is 5.69 Å². The number of carbonyl (C=O) groups excluding carboxylic acids is 1. The minimum atomic E-state index is -3.74. The lowest BCUT2D eigenvalue weighted by molar-refractivity contribution is -0.385. The first kappa shape index (κ1) is 21.9. The summed E-state index contributed by atoms with van der Waals surface area (Å²) in [5.74, 6) is -0.329. The Morgan fingerprint density at radius 3 is 2.43 bits per heavy atom. The maximum Gasteiger partial charge on any atom is 0.273 e. The quantitative estimate of drug-likeness (QED) is 0.534. The molecule has 1 aliphatic rings. The van der Waals surface area contributed by atoms with Crippen molar-refractivity contribution >= 4 is 21.6 Å². The molecule has 2 heterocycles. The zero-order valence-corrected chi connectivity index (χ0v) is 18.3. The molecule has 30 heavy (non-hydrogen) atoms. The molecule has 1 aromatic carbocycles. The fraction of sp³-hybridized carbons (Fsp3) is 0.474. The third kappa shape index (κ3) is 3.82. The Labute approximate surface area is 175 Å². The average Bonchev–Trinajstić information content (AvgIpc) is 2.86. The van der Waals surface area contributed by atoms with E-state index in [-0.39, 0.29) is 41.7 Å². The van der Waals surface area contributed by atoms with Crippen LogP contribution in [0.15, 0.2) is 23.1 Å². The summed E-state index contributed by atoms with van der Waals surface area (Å²) in [6.45, 7) is 5.94. The molecule has 162 valence electrons. The normalized spacial score (nSPS) is 15.8. The molecule has 0 atom stereocenters. The largest absolute Gasteiger partial charge is 0.337 e. The van der Waals surface area contributed by atoms with Crippen LogP contribution in [0.1, 0.15) is 33.7 Å². The van der Waals surface area contributed by atoms with Crippen molar-refractivity contribution < 1.29 is 18.1 Å². The number of hydrogen-bond donors (Lipinski definition) is 0. The average molecular weight is 436 g/mol. The number of nitro groups is 1. The number of amides is 1. The second kappa shape index (κ2) is 8.15. The summed E-state index contributed by atoms with van der Waals surface area (Å²) in [6.07, 6.45) is 0.470. The molecule has 0 radical (unpaired) electrons. The van der Waals surface area contributed by atoms with Gasteiger partial charge in [-0.15, -0.1) is 0 Å². The predicted molar refractivity (Wildman–Crippen MR) is 110 cm³/mol. The molecule has 1 aliphatic heterocycles. The molecule has 0 aliphatic carbocycles. The van der Waals surface area contributed by atoms with Crippen LogP contribution in [0.2, 0.25) is 0 Å². The Kier molecular flexibility index (Phi) is 5.95. The molecule has 0 unspecified atom stereocenters. The van der Waals surface area contributed by atoms with E-state index in [1.807, 2.05) is 0 Å². The summed E-state index contributed by atoms with van der Waals surface area (Å²) in [6, 6.07) is 4.41. The van der Waals surface area contributed by atoms with Gasteiger partial charge in [0.25, 0.3) is 11.6 Å². The van der Waals surface area contributed by atoms with Crippen LogP contribution in [0.25, 0.3) is 0 Å². The fourth-order valence-electron chi connectivity index (χ4n) is 3.82. The SMILES string of the molecule is Cc1nn(C)c(C)c1S(=O)(=O)N1CCCN(C(=O)c2cccc([N+](=O)[O-])c2C)CC1. The van der Waals surface area contributed by atoms with Crippen LogP contribution in [0, 0.1) is 30.9 Å². The number of nitro benzene ring substituents is 1. The molecular weight excluding hydrogens is 410 g/mol. The number of hydrogen-bond acceptors (Lipinski definition) is 6. The van der Waals surface area contributed by atoms with Gasteiger partial charge in [-0.05, 0) is 33.3 Å². The molecule has 1 aromatic heterocycles. The Bertz CT molecular complexity index is 1110. The molecule has 0 N–H and O–H groups in total. The van der Waals surface area contributed by atoms with Gasteiger partial charge in [-0.2, -0.15) is 9.40 Å². The minimum absolute atomic E-state index is 0.109. The highest BCUT2D eigenvalue weighted by atomic mass is 32.2. The number of sulfonamides is 1. The Balaban J connectivity index is 1.83. The molecular formula is C19H25N5O5S. The first-order chi connectivity index (χ1) is 14.1. The van der Waals surface area contributed by atoms with Crippen LogP contribution in [-0.2, 0) is 17.1 Å². The van der Waals surface area contributed by atoms with Crippen molar-refractivity contribution in [2.45, 2.75) is 32.1 Å². The zero-order valence-electron chi connectivity index (χ0n) is 17.5. The van der Waals surface area contributed by atoms with E-state index in [1.165, 1.54) is 16.4 Å². The van der Waals surface area contributed by atoms with Gasteiger partial charge in [0.2, 0.25) is 10.0 Å². The third-order valence-corrected chi connectivity index (χ3v) is 7.67. The molecule has 1 amide bonds. The van der Waals surface area contributed by atoms with Crippen molar-refractivity contribution in [1.29, 1.82) is 0 Å². The van der Waals surface area contributed by atoms with Gasteiger partial charge < -0.3 is 4.90 Å². The van der Waals surface area contributed by atoms with Crippen LogP contribution in [0.5, 0.6) is 0 Å². The second-order valence-corrected chi connectivity index (χ2v) is 9.25. The number of carbonyl (C=O) groups is 1. The van der Waals surface area contributed by atoms with Crippen LogP contribution in [0.3, 0.4) is 0 Å². The minimum Gasteiger partial charge on any atom is -0.337 e. The number of aryl methyl sites for hydroxylation is 2. The summed E-state index contributed by atoms with van der Waals surface area (Å²) in [5.41, 5.74) is 1.47. The topological polar surface area (TPSA) is 119 Å². The smallest absolute Gasteiger partial charge is 0.273 e. The molecule has 1 saturated heterocycles. The number of nitrogens with zero attached hydrogens (tertiary/aromatic N) is 5. The maximum absolute atomic E-state index is 13.2. The molecule has 11 heteroatoms. The van der Waals surface area contributed by atoms with Crippen molar-refractivity contribution in [2.24, 2.45) is 7.05 Å². The highest BCUT2D eigenvalue weighted by molar-refractivity contribution is 7.89. The van der Waals surface area contributed by atoms with Gasteiger partial charge >= 0.3 is 0 Å². The van der Waals surface area contributed by atoms with E-state index < -0.39 is 14.9 Å². The van der Waals surface area contributed by atoms with E-state index in [1.54, 1.807) is 43.5 Å². The van der Waals surface area contributed by atoms with Gasteiger partial charge in [-0.1, -0.05) is 6.07 Å². The predicted octanol–water partition coefficient (Wildman–Crippen LogP) is 1.79. The highest BCUT2D eigenvalue weighted by Crippen LogP contribution is 2.26. The van der Waals surface area contributed by atoms with Crippen molar-refractivity contribution in [2.75, 3.05) is 26.2 Å². The van der Waals surface area contributed by atoms with Crippen molar-refractivity contribution in [3.63, 3.8) is 0 Å². The van der Waals surface area contributed by atoms with E-state index in [0.29, 0.717) is 29.9 Å². The maximum atomic E-state index is 13.2. The van der Waals surface area contributed by atoms with Gasteiger partial charge in [-0.25, -0.2) is 8.42 Å². The van der Waals surface area contributed by atoms with Crippen LogP contribution >= 0.6 is 0 Å². The van der Waals surface area contributed by atoms with Crippen LogP contribution < -0.4 is 0 Å². The molecule has 0 spiro atoms. The molecule has 0 saturated carbocycles. The number of benzene rings is 1. The standard InChI is InChI=1S/C19H25N5O5S/c1-13-16(7-5-8-17(13)24(26)27)19(25)22-9-6-10-23(12-11-22)30(28,29)18-14(2)20-21(4)15(18)3/h5,7-8H,6,9-12H2,1-4H3. The molecule has 1 fully saturated rings. The van der Waals surface area contributed by atoms with E-state index in [0.717, 1.165) is 0 Å². The van der Waals surface area contributed by atoms with Gasteiger partial charge in [0.15, 0.2) is 0 Å². The second-order valence-electron chi connectivity index (χ2n) is 7.38. The summed E-state index contributed by atoms with van der Waals surface area (Å²) >= 11 is 0. The molecule has 2 aromatic rings. The molecule has 0 bridgehead atoms. The van der Waals surface area contributed by atoms with Gasteiger partial charge in [0.05, 0.1) is 16.3 Å². The van der Waals surface area contributed by atoms with Crippen molar-refractivity contribution in [3.8, 4) is 0 Å². The fourth-order valence-corrected chi connectivity index (χ4v) is 5.69. The van der Waals surface area contributed by atoms with Crippen molar-refractivity contribution in [3.05, 3.63) is 50.8 Å². The summed E-state index contributed by atoms with van der Waals surface area (Å²) in [4.78, 5) is 25.4. The van der Waals surface area contributed by atoms with E-state index in [4.69, 9.17) is 0 Å². The molecule has 10 nitrogen and oxygen atoms in total. The molecule has 3 rings (SSSR count). The summed E-state index contributed by atoms with van der Waals surface area (Å²) < 4.78 is 29.3. The van der Waals surface area contributed by atoms with Gasteiger partial charge in [0.1, 0.15) is 4.90 Å². The third-order valence-electron chi connectivity index (χ3n) is 5.51. The lowest BCUT2D eigenvalue weighted by atomic mass is 10.1. The monoisotopic (exact) mass is 435 g/mol. The van der Waals surface area contributed by atoms with Crippen LogP contribution in [-0.4, -0.2) is 64.4 Å². The lowest BCUT2D eigenvalue weighted by Crippen LogP contribution is -2.37. The first-order valence-corrected chi connectivity index (χ1v) is 11.0. The van der Waals surface area contributed by atoms with E-state index in [2.05, 4.69) is 5.10 Å². The highest BCUT2D eigenvalue weighted by Gasteiger charge is 2.33. The summed E-state index contributed by atoms with van der Waals surface area (Å²) in [7, 11) is -2.04. The van der Waals surface area contributed by atoms with E-state index in [9.17, 15) is 23.3 Å². The number of aromatic nitrogens is 2. The van der Waals surface area contributed by atoms with Gasteiger partial charge in [0, 0.05) is 50.4 Å². The van der Waals surface area contributed by atoms with Crippen molar-refractivity contribution in [1.82, 2.24) is 19.0 Å². The Morgan fingerprint density at radius 1 is 1.13 bits per heavy atom. The first-order valence-electron chi connectivity index (χ1n) is 9.59. The lowest BCUT2D eigenvalue weighted by Gasteiger charge is -2.22. The van der Waals surface area contributed by atoms with Gasteiger partial charge in [-0.3, -0.25) is 19.6 Å². The summed E-state index contributed by atoms with van der Waals surface area (Å²) in [5, 5.41) is 15.4. The van der Waals surface area contributed by atoms with E-state index >= 15 is 0 Å².